The Morgan fingerprint density at radius 2 is 1.97 bits per heavy atom. The molecule has 2 fully saturated rings. The first-order valence-electron chi connectivity index (χ1n) is 13.0. The maximum atomic E-state index is 12.7. The first-order valence-corrected chi connectivity index (χ1v) is 13.0. The summed E-state index contributed by atoms with van der Waals surface area (Å²) in [5.41, 5.74) is 7.62. The van der Waals surface area contributed by atoms with E-state index in [2.05, 4.69) is 62.7 Å². The van der Waals surface area contributed by atoms with E-state index >= 15 is 0 Å². The van der Waals surface area contributed by atoms with Gasteiger partial charge < -0.3 is 16.0 Å². The SMILES string of the molecule is C=NC(N)=Nc1cccc(CN2CCN(CC(=O)NCC3CCCN3C(/C=C\C)=NC(C)C)CC2)c1. The van der Waals surface area contributed by atoms with Crippen LogP contribution in [0.2, 0.25) is 0 Å². The number of benzene rings is 1. The van der Waals surface area contributed by atoms with Gasteiger partial charge in [0, 0.05) is 57.9 Å². The highest BCUT2D eigenvalue weighted by atomic mass is 16.2. The molecule has 1 amide bonds. The van der Waals surface area contributed by atoms with Gasteiger partial charge >= 0.3 is 0 Å². The fourth-order valence-electron chi connectivity index (χ4n) is 4.72. The Hall–Kier alpha value is -3.04. The van der Waals surface area contributed by atoms with Gasteiger partial charge in [-0.2, -0.15) is 0 Å². The maximum Gasteiger partial charge on any atom is 0.234 e. The molecule has 0 bridgehead atoms. The molecule has 0 spiro atoms. The van der Waals surface area contributed by atoms with Gasteiger partial charge in [-0.25, -0.2) is 9.98 Å². The molecular formula is C27H42N8O. The van der Waals surface area contributed by atoms with Gasteiger partial charge in [-0.15, -0.1) is 0 Å². The summed E-state index contributed by atoms with van der Waals surface area (Å²) in [6.45, 7) is 16.2. The third-order valence-corrected chi connectivity index (χ3v) is 6.47. The fourth-order valence-corrected chi connectivity index (χ4v) is 4.72. The number of nitrogens with two attached hydrogens (primary N) is 1. The van der Waals surface area contributed by atoms with Crippen LogP contribution in [0.25, 0.3) is 0 Å². The predicted octanol–water partition coefficient (Wildman–Crippen LogP) is 2.41. The summed E-state index contributed by atoms with van der Waals surface area (Å²) in [4.78, 5) is 32.4. The smallest absolute Gasteiger partial charge is 0.234 e. The number of carbonyl (C=O) groups is 1. The van der Waals surface area contributed by atoms with Gasteiger partial charge in [0.25, 0.3) is 0 Å². The number of carbonyl (C=O) groups excluding carboxylic acids is 1. The molecule has 2 aliphatic heterocycles. The molecule has 9 heteroatoms. The summed E-state index contributed by atoms with van der Waals surface area (Å²) < 4.78 is 0. The second kappa shape index (κ2) is 13.9. The van der Waals surface area contributed by atoms with Crippen LogP contribution >= 0.6 is 0 Å². The van der Waals surface area contributed by atoms with E-state index in [4.69, 9.17) is 10.7 Å². The number of rotatable bonds is 9. The van der Waals surface area contributed by atoms with Gasteiger partial charge in [-0.1, -0.05) is 18.2 Å². The second-order valence-corrected chi connectivity index (χ2v) is 9.72. The van der Waals surface area contributed by atoms with Crippen LogP contribution in [0.5, 0.6) is 0 Å². The van der Waals surface area contributed by atoms with Crippen LogP contribution < -0.4 is 11.1 Å². The van der Waals surface area contributed by atoms with E-state index in [1.54, 1.807) is 0 Å². The van der Waals surface area contributed by atoms with Gasteiger partial charge in [0.2, 0.25) is 11.9 Å². The lowest BCUT2D eigenvalue weighted by molar-refractivity contribution is -0.122. The Morgan fingerprint density at radius 3 is 2.67 bits per heavy atom. The minimum atomic E-state index is 0.0997. The molecule has 2 aliphatic rings. The maximum absolute atomic E-state index is 12.7. The average Bonchev–Trinajstić information content (AvgIpc) is 3.32. The first kappa shape index (κ1) is 27.5. The van der Waals surface area contributed by atoms with Crippen molar-refractivity contribution in [2.24, 2.45) is 20.7 Å². The van der Waals surface area contributed by atoms with Gasteiger partial charge in [0.05, 0.1) is 12.2 Å². The zero-order chi connectivity index (χ0) is 25.9. The molecule has 0 aliphatic carbocycles. The zero-order valence-electron chi connectivity index (χ0n) is 22.1. The lowest BCUT2D eigenvalue weighted by Crippen LogP contribution is -2.50. The lowest BCUT2D eigenvalue weighted by Gasteiger charge is -2.34. The van der Waals surface area contributed by atoms with E-state index in [1.807, 2.05) is 31.2 Å². The highest BCUT2D eigenvalue weighted by Gasteiger charge is 2.27. The molecule has 36 heavy (non-hydrogen) atoms. The van der Waals surface area contributed by atoms with E-state index in [1.165, 1.54) is 5.56 Å². The lowest BCUT2D eigenvalue weighted by atomic mass is 10.1. The Labute approximate surface area is 215 Å². The van der Waals surface area contributed by atoms with E-state index in [0.29, 0.717) is 19.1 Å². The van der Waals surface area contributed by atoms with Crippen LogP contribution in [0.4, 0.5) is 5.69 Å². The van der Waals surface area contributed by atoms with Gasteiger partial charge in [-0.05, 0) is 64.1 Å². The van der Waals surface area contributed by atoms with Crippen molar-refractivity contribution in [1.29, 1.82) is 0 Å². The summed E-state index contributed by atoms with van der Waals surface area (Å²) >= 11 is 0. The van der Waals surface area contributed by atoms with Gasteiger partial charge in [-0.3, -0.25) is 19.6 Å². The van der Waals surface area contributed by atoms with Crippen molar-refractivity contribution in [2.45, 2.75) is 52.2 Å². The third-order valence-electron chi connectivity index (χ3n) is 6.47. The normalized spacial score (nSPS) is 20.4. The fraction of sp³-hybridized carbons (Fsp3) is 0.556. The van der Waals surface area contributed by atoms with Gasteiger partial charge in [0.15, 0.2) is 0 Å². The number of likely N-dealkylation sites (tertiary alicyclic amines) is 1. The average molecular weight is 495 g/mol. The molecule has 2 saturated heterocycles. The molecule has 1 aromatic rings. The number of nitrogens with zero attached hydrogens (tertiary/aromatic N) is 6. The van der Waals surface area contributed by atoms with Crippen LogP contribution in [0.1, 0.15) is 39.2 Å². The summed E-state index contributed by atoms with van der Waals surface area (Å²) in [6.07, 6.45) is 6.33. The minimum absolute atomic E-state index is 0.0997. The molecule has 0 saturated carbocycles. The van der Waals surface area contributed by atoms with Crippen LogP contribution in [0.3, 0.4) is 0 Å². The standard InChI is InChI=1S/C27H42N8O/c1-5-8-25(31-21(2)3)35-12-7-11-24(35)18-30-26(36)20-34-15-13-33(14-16-34)19-22-9-6-10-23(17-22)32-27(28)29-4/h5-6,8-10,17,21,24H,4,7,11-16,18-20H2,1-3H3,(H2,28,32)(H,30,36)/b8-5-,31-25?. The summed E-state index contributed by atoms with van der Waals surface area (Å²) in [5, 5.41) is 3.18. The second-order valence-electron chi connectivity index (χ2n) is 9.72. The number of amidine groups is 1. The molecule has 196 valence electrons. The summed E-state index contributed by atoms with van der Waals surface area (Å²) in [5.74, 6) is 1.29. The van der Waals surface area contributed by atoms with Crippen molar-refractivity contribution in [3.63, 3.8) is 0 Å². The van der Waals surface area contributed by atoms with Gasteiger partial charge in [0.1, 0.15) is 5.84 Å². The third kappa shape index (κ3) is 8.57. The van der Waals surface area contributed by atoms with Crippen LogP contribution in [0, 0.1) is 0 Å². The predicted molar refractivity (Wildman–Crippen MR) is 149 cm³/mol. The number of hydrogen-bond acceptors (Lipinski definition) is 5. The Bertz CT molecular complexity index is 962. The topological polar surface area (TPSA) is 102 Å². The summed E-state index contributed by atoms with van der Waals surface area (Å²) in [6, 6.07) is 8.55. The number of nitrogens with one attached hydrogen (secondary N) is 1. The number of aliphatic imine (C=N–C) groups is 3. The van der Waals surface area contributed by atoms with Crippen molar-refractivity contribution in [3.05, 3.63) is 42.0 Å². The molecule has 3 rings (SSSR count). The quantitative estimate of drug-likeness (QED) is 0.406. The first-order chi connectivity index (χ1) is 17.4. The molecule has 3 N–H and O–H groups in total. The van der Waals surface area contributed by atoms with Crippen LogP contribution in [-0.2, 0) is 11.3 Å². The van der Waals surface area contributed by atoms with E-state index in [-0.39, 0.29) is 17.9 Å². The van der Waals surface area contributed by atoms with Crippen molar-refractivity contribution >= 4 is 30.1 Å². The molecule has 9 nitrogen and oxygen atoms in total. The minimum Gasteiger partial charge on any atom is -0.368 e. The molecular weight excluding hydrogens is 452 g/mol. The van der Waals surface area contributed by atoms with Crippen molar-refractivity contribution in [1.82, 2.24) is 20.0 Å². The van der Waals surface area contributed by atoms with Crippen LogP contribution in [0.15, 0.2) is 51.4 Å². The Kier molecular flexibility index (Phi) is 10.6. The zero-order valence-corrected chi connectivity index (χ0v) is 22.1. The number of hydrogen-bond donors (Lipinski definition) is 2. The molecule has 1 aromatic carbocycles. The van der Waals surface area contributed by atoms with Crippen LogP contribution in [-0.4, -0.2) is 97.0 Å². The Morgan fingerprint density at radius 1 is 1.22 bits per heavy atom. The number of amides is 1. The van der Waals surface area contributed by atoms with E-state index < -0.39 is 0 Å². The van der Waals surface area contributed by atoms with E-state index in [9.17, 15) is 4.79 Å². The highest BCUT2D eigenvalue weighted by molar-refractivity contribution is 5.93. The molecule has 1 atom stereocenters. The largest absolute Gasteiger partial charge is 0.368 e. The van der Waals surface area contributed by atoms with Crippen molar-refractivity contribution in [2.75, 3.05) is 45.8 Å². The molecule has 2 heterocycles. The molecule has 0 radical (unpaired) electrons. The Balaban J connectivity index is 1.43. The van der Waals surface area contributed by atoms with Crippen molar-refractivity contribution < 1.29 is 4.79 Å². The monoisotopic (exact) mass is 494 g/mol. The number of allylic oxidation sites excluding steroid dienone is 1. The highest BCUT2D eigenvalue weighted by Crippen LogP contribution is 2.19. The van der Waals surface area contributed by atoms with E-state index in [0.717, 1.165) is 63.6 Å². The summed E-state index contributed by atoms with van der Waals surface area (Å²) in [7, 11) is 0. The molecule has 1 unspecified atom stereocenters. The number of piperazine rings is 1. The van der Waals surface area contributed by atoms with Crippen molar-refractivity contribution in [3.8, 4) is 0 Å². The molecule has 0 aromatic heterocycles. The number of guanidine groups is 1.